The summed E-state index contributed by atoms with van der Waals surface area (Å²) in [4.78, 5) is 15.1. The Hall–Kier alpha value is -2.47. The average molecular weight is 479 g/mol. The van der Waals surface area contributed by atoms with E-state index in [2.05, 4.69) is 15.4 Å². The van der Waals surface area contributed by atoms with Crippen molar-refractivity contribution in [2.45, 2.75) is 31.6 Å². The maximum Gasteiger partial charge on any atom is 0.243 e. The number of hydrogen-bond acceptors (Lipinski definition) is 8. The van der Waals surface area contributed by atoms with Crippen LogP contribution in [0.4, 0.5) is 11.4 Å². The summed E-state index contributed by atoms with van der Waals surface area (Å²) >= 11 is 0. The minimum atomic E-state index is -3.69. The smallest absolute Gasteiger partial charge is 0.243 e. The second kappa shape index (κ2) is 10.2. The van der Waals surface area contributed by atoms with Crippen LogP contribution in [0.5, 0.6) is 0 Å². The molecule has 0 saturated carbocycles. The molecule has 0 bridgehead atoms. The van der Waals surface area contributed by atoms with E-state index in [4.69, 9.17) is 14.0 Å². The number of rotatable bonds is 7. The fraction of sp³-hybridized carbons (Fsp3) is 0.545. The Labute approximate surface area is 193 Å². The predicted octanol–water partition coefficient (Wildman–Crippen LogP) is 1.72. The van der Waals surface area contributed by atoms with Gasteiger partial charge in [0.2, 0.25) is 15.9 Å². The third kappa shape index (κ3) is 5.37. The molecule has 180 valence electrons. The van der Waals surface area contributed by atoms with Gasteiger partial charge in [-0.15, -0.1) is 0 Å². The van der Waals surface area contributed by atoms with E-state index in [0.717, 1.165) is 16.9 Å². The third-order valence-electron chi connectivity index (χ3n) is 5.98. The van der Waals surface area contributed by atoms with Gasteiger partial charge in [0.05, 0.1) is 48.4 Å². The van der Waals surface area contributed by atoms with E-state index in [1.54, 1.807) is 18.2 Å². The number of sulfonamides is 1. The normalized spacial score (nSPS) is 17.8. The molecule has 0 spiro atoms. The number of aryl methyl sites for hydroxylation is 2. The van der Waals surface area contributed by atoms with E-state index in [0.29, 0.717) is 70.5 Å². The lowest BCUT2D eigenvalue weighted by atomic mass is 10.1. The number of nitrogens with zero attached hydrogens (tertiary/aromatic N) is 3. The van der Waals surface area contributed by atoms with Gasteiger partial charge in [-0.05, 0) is 38.5 Å². The number of carbonyl (C=O) groups excluding carboxylic acids is 1. The molecule has 1 aromatic carbocycles. The second-order valence-electron chi connectivity index (χ2n) is 8.15. The fourth-order valence-electron chi connectivity index (χ4n) is 4.10. The molecule has 2 aromatic rings. The van der Waals surface area contributed by atoms with Crippen molar-refractivity contribution in [1.82, 2.24) is 9.46 Å². The monoisotopic (exact) mass is 478 g/mol. The van der Waals surface area contributed by atoms with Gasteiger partial charge in [-0.25, -0.2) is 8.42 Å². The maximum atomic E-state index is 13.2. The standard InChI is InChI=1S/C22H30N4O6S/c1-16-19(17(2)32-24-16)4-6-22(27)23-20-15-18(33(28,29)26-9-13-31-14-10-26)3-5-21(20)25-7-11-30-12-8-25/h3,5,15H,4,6-14H2,1-2H3,(H,23,27). The molecule has 33 heavy (non-hydrogen) atoms. The van der Waals surface area contributed by atoms with Gasteiger partial charge >= 0.3 is 0 Å². The highest BCUT2D eigenvalue weighted by Crippen LogP contribution is 2.31. The van der Waals surface area contributed by atoms with Crippen molar-refractivity contribution in [1.29, 1.82) is 0 Å². The molecule has 10 nitrogen and oxygen atoms in total. The van der Waals surface area contributed by atoms with Crippen molar-refractivity contribution in [3.8, 4) is 0 Å². The van der Waals surface area contributed by atoms with Crippen molar-refractivity contribution >= 4 is 27.3 Å². The molecule has 11 heteroatoms. The van der Waals surface area contributed by atoms with E-state index in [1.807, 2.05) is 13.8 Å². The molecule has 0 unspecified atom stereocenters. The largest absolute Gasteiger partial charge is 0.379 e. The number of anilines is 2. The Kier molecular flexibility index (Phi) is 7.32. The second-order valence-corrected chi connectivity index (χ2v) is 10.1. The first-order valence-corrected chi connectivity index (χ1v) is 12.6. The number of benzene rings is 1. The zero-order chi connectivity index (χ0) is 23.4. The van der Waals surface area contributed by atoms with Crippen LogP contribution in [0.3, 0.4) is 0 Å². The maximum absolute atomic E-state index is 13.2. The first-order valence-electron chi connectivity index (χ1n) is 11.1. The number of amides is 1. The molecular formula is C22H30N4O6S. The fourth-order valence-corrected chi connectivity index (χ4v) is 5.54. The molecule has 0 radical (unpaired) electrons. The van der Waals surface area contributed by atoms with Gasteiger partial charge < -0.3 is 24.2 Å². The zero-order valence-electron chi connectivity index (χ0n) is 19.0. The summed E-state index contributed by atoms with van der Waals surface area (Å²) in [6.07, 6.45) is 0.720. The van der Waals surface area contributed by atoms with E-state index >= 15 is 0 Å². The summed E-state index contributed by atoms with van der Waals surface area (Å²) in [5.41, 5.74) is 2.95. The lowest BCUT2D eigenvalue weighted by molar-refractivity contribution is -0.116. The minimum absolute atomic E-state index is 0.155. The van der Waals surface area contributed by atoms with E-state index in [-0.39, 0.29) is 17.2 Å². The number of ether oxygens (including phenoxy) is 2. The summed E-state index contributed by atoms with van der Waals surface area (Å²) in [5.74, 6) is 0.498. The van der Waals surface area contributed by atoms with Gasteiger partial charge in [-0.2, -0.15) is 4.31 Å². The number of nitrogens with one attached hydrogen (secondary N) is 1. The van der Waals surface area contributed by atoms with E-state index in [9.17, 15) is 13.2 Å². The van der Waals surface area contributed by atoms with Crippen molar-refractivity contribution in [3.63, 3.8) is 0 Å². The Morgan fingerprint density at radius 2 is 1.73 bits per heavy atom. The van der Waals surface area contributed by atoms with Crippen LogP contribution in [0, 0.1) is 13.8 Å². The molecule has 1 N–H and O–H groups in total. The van der Waals surface area contributed by atoms with Gasteiger partial charge in [-0.3, -0.25) is 4.79 Å². The summed E-state index contributed by atoms with van der Waals surface area (Å²) in [5, 5.41) is 6.88. The predicted molar refractivity (Wildman–Crippen MR) is 122 cm³/mol. The van der Waals surface area contributed by atoms with Crippen LogP contribution in [0.15, 0.2) is 27.6 Å². The number of hydrogen-bond donors (Lipinski definition) is 1. The molecule has 1 aromatic heterocycles. The van der Waals surface area contributed by atoms with Crippen LogP contribution in [0.2, 0.25) is 0 Å². The average Bonchev–Trinajstić information content (AvgIpc) is 3.15. The number of carbonyl (C=O) groups is 1. The van der Waals surface area contributed by atoms with E-state index in [1.165, 1.54) is 4.31 Å². The van der Waals surface area contributed by atoms with Crippen LogP contribution < -0.4 is 10.2 Å². The summed E-state index contributed by atoms with van der Waals surface area (Å²) in [7, 11) is -3.69. The van der Waals surface area contributed by atoms with Crippen molar-refractivity contribution in [2.75, 3.05) is 62.8 Å². The van der Waals surface area contributed by atoms with Gasteiger partial charge in [0.25, 0.3) is 0 Å². The Bertz CT molecular complexity index is 1070. The first kappa shape index (κ1) is 23.7. The van der Waals surface area contributed by atoms with E-state index < -0.39 is 10.0 Å². The molecule has 2 saturated heterocycles. The molecular weight excluding hydrogens is 448 g/mol. The summed E-state index contributed by atoms with van der Waals surface area (Å²) < 4.78 is 43.7. The Balaban J connectivity index is 1.57. The molecule has 2 aliphatic rings. The van der Waals surface area contributed by atoms with Crippen LogP contribution in [-0.2, 0) is 30.7 Å². The molecule has 1 amide bonds. The Morgan fingerprint density at radius 3 is 2.36 bits per heavy atom. The lowest BCUT2D eigenvalue weighted by Crippen LogP contribution is -2.40. The molecule has 2 fully saturated rings. The van der Waals surface area contributed by atoms with Crippen molar-refractivity contribution in [2.24, 2.45) is 0 Å². The van der Waals surface area contributed by atoms with Gasteiger partial charge in [0.1, 0.15) is 5.76 Å². The molecule has 0 aliphatic carbocycles. The molecule has 0 atom stereocenters. The van der Waals surface area contributed by atoms with Gasteiger partial charge in [0.15, 0.2) is 0 Å². The zero-order valence-corrected chi connectivity index (χ0v) is 19.8. The van der Waals surface area contributed by atoms with Crippen molar-refractivity contribution in [3.05, 3.63) is 35.2 Å². The Morgan fingerprint density at radius 1 is 1.06 bits per heavy atom. The van der Waals surface area contributed by atoms with Gasteiger partial charge in [0, 0.05) is 38.2 Å². The van der Waals surface area contributed by atoms with Crippen LogP contribution in [0.1, 0.15) is 23.4 Å². The number of aromatic nitrogens is 1. The summed E-state index contributed by atoms with van der Waals surface area (Å²) in [6.45, 7) is 7.52. The van der Waals surface area contributed by atoms with Crippen molar-refractivity contribution < 1.29 is 27.2 Å². The third-order valence-corrected chi connectivity index (χ3v) is 7.88. The molecule has 2 aliphatic heterocycles. The summed E-state index contributed by atoms with van der Waals surface area (Å²) in [6, 6.07) is 4.93. The lowest BCUT2D eigenvalue weighted by Gasteiger charge is -2.31. The quantitative estimate of drug-likeness (QED) is 0.640. The minimum Gasteiger partial charge on any atom is -0.379 e. The molecule has 4 rings (SSSR count). The van der Waals surface area contributed by atoms with Crippen LogP contribution >= 0.6 is 0 Å². The first-order chi connectivity index (χ1) is 15.9. The highest BCUT2D eigenvalue weighted by Gasteiger charge is 2.28. The van der Waals surface area contributed by atoms with Crippen LogP contribution in [0.25, 0.3) is 0 Å². The highest BCUT2D eigenvalue weighted by atomic mass is 32.2. The topological polar surface area (TPSA) is 114 Å². The molecule has 3 heterocycles. The SMILES string of the molecule is Cc1noc(C)c1CCC(=O)Nc1cc(S(=O)(=O)N2CCOCC2)ccc1N1CCOCC1. The number of morpholine rings is 2. The van der Waals surface area contributed by atoms with Crippen LogP contribution in [-0.4, -0.2) is 76.4 Å². The highest BCUT2D eigenvalue weighted by molar-refractivity contribution is 7.89. The van der Waals surface area contributed by atoms with Gasteiger partial charge in [-0.1, -0.05) is 5.16 Å².